The molecule has 0 atom stereocenters. The number of aromatic nitrogens is 1. The molecule has 1 heterocycles. The highest BCUT2D eigenvalue weighted by Gasteiger charge is 2.12. The zero-order valence-electron chi connectivity index (χ0n) is 13.0. The minimum Gasteiger partial charge on any atom is -0.508 e. The van der Waals surface area contributed by atoms with Gasteiger partial charge in [0.15, 0.2) is 0 Å². The molecule has 118 valence electrons. The first-order valence-electron chi connectivity index (χ1n) is 7.52. The normalized spacial score (nSPS) is 11.3. The van der Waals surface area contributed by atoms with E-state index in [2.05, 4.69) is 4.98 Å². The number of rotatable bonds is 4. The number of hydrogen-bond acceptors (Lipinski definition) is 3. The summed E-state index contributed by atoms with van der Waals surface area (Å²) in [7, 11) is 0. The lowest BCUT2D eigenvalue weighted by Crippen LogP contribution is -1.93. The van der Waals surface area contributed by atoms with E-state index in [1.165, 1.54) is 6.07 Å². The molecule has 3 rings (SSSR count). The number of aromatic hydroxyl groups is 1. The molecule has 2 aromatic carbocycles. The molecule has 0 spiro atoms. The maximum atomic E-state index is 10.8. The van der Waals surface area contributed by atoms with Gasteiger partial charge in [-0.05, 0) is 41.2 Å². The number of phenolic OH excluding ortho intramolecular Hbond substituents is 1. The van der Waals surface area contributed by atoms with Crippen LogP contribution in [0.15, 0.2) is 42.6 Å². The number of nitro benzene ring substituents is 1. The third-order valence-electron chi connectivity index (χ3n) is 4.07. The van der Waals surface area contributed by atoms with Gasteiger partial charge in [0.2, 0.25) is 0 Å². The average Bonchev–Trinajstić information content (AvgIpc) is 2.91. The van der Waals surface area contributed by atoms with Crippen LogP contribution in [0.1, 0.15) is 36.5 Å². The molecule has 0 amide bonds. The Balaban J connectivity index is 1.96. The monoisotopic (exact) mass is 310 g/mol. The third kappa shape index (κ3) is 2.90. The van der Waals surface area contributed by atoms with E-state index in [1.54, 1.807) is 18.2 Å². The topological polar surface area (TPSA) is 79.2 Å². The highest BCUT2D eigenvalue weighted by atomic mass is 16.6. The Morgan fingerprint density at radius 3 is 2.70 bits per heavy atom. The summed E-state index contributed by atoms with van der Waals surface area (Å²) in [5.41, 5.74) is 3.95. The van der Waals surface area contributed by atoms with Gasteiger partial charge in [0.05, 0.1) is 10.4 Å². The van der Waals surface area contributed by atoms with Crippen molar-refractivity contribution < 1.29 is 10.0 Å². The summed E-state index contributed by atoms with van der Waals surface area (Å²) in [5.74, 6) is 0.568. The maximum Gasteiger partial charge on any atom is 0.271 e. The van der Waals surface area contributed by atoms with Crippen LogP contribution in [0.25, 0.3) is 10.9 Å². The summed E-state index contributed by atoms with van der Waals surface area (Å²) in [5, 5.41) is 21.7. The van der Waals surface area contributed by atoms with Crippen LogP contribution in [0.5, 0.6) is 5.75 Å². The lowest BCUT2D eigenvalue weighted by Gasteiger charge is -2.10. The van der Waals surface area contributed by atoms with Crippen LogP contribution in [0.3, 0.4) is 0 Å². The molecular weight excluding hydrogens is 292 g/mol. The maximum absolute atomic E-state index is 10.8. The molecule has 23 heavy (non-hydrogen) atoms. The zero-order valence-corrected chi connectivity index (χ0v) is 13.0. The van der Waals surface area contributed by atoms with Crippen LogP contribution in [0, 0.1) is 10.1 Å². The lowest BCUT2D eigenvalue weighted by molar-refractivity contribution is -0.384. The van der Waals surface area contributed by atoms with Gasteiger partial charge in [-0.3, -0.25) is 10.1 Å². The predicted molar refractivity (Wildman–Crippen MR) is 90.0 cm³/mol. The molecule has 0 aliphatic rings. The highest BCUT2D eigenvalue weighted by Crippen LogP contribution is 2.29. The van der Waals surface area contributed by atoms with Crippen LogP contribution in [-0.2, 0) is 6.42 Å². The van der Waals surface area contributed by atoms with Crippen molar-refractivity contribution in [3.05, 3.63) is 69.4 Å². The number of nitrogens with one attached hydrogen (secondary N) is 1. The van der Waals surface area contributed by atoms with Gasteiger partial charge in [-0.15, -0.1) is 0 Å². The Kier molecular flexibility index (Phi) is 3.78. The summed E-state index contributed by atoms with van der Waals surface area (Å²) in [6.07, 6.45) is 2.59. The molecule has 0 radical (unpaired) electrons. The number of H-pyrrole nitrogens is 1. The van der Waals surface area contributed by atoms with Crippen LogP contribution in [0.2, 0.25) is 0 Å². The van der Waals surface area contributed by atoms with Gasteiger partial charge in [-0.1, -0.05) is 26.0 Å². The molecule has 1 aromatic heterocycles. The number of nitro groups is 1. The number of nitrogens with zero attached hydrogens (tertiary/aromatic N) is 1. The number of fused-ring (bicyclic) bond motifs is 1. The Morgan fingerprint density at radius 2 is 2.00 bits per heavy atom. The molecule has 5 nitrogen and oxygen atoms in total. The van der Waals surface area contributed by atoms with E-state index in [0.29, 0.717) is 12.2 Å². The van der Waals surface area contributed by atoms with Gasteiger partial charge in [0, 0.05) is 23.7 Å². The molecule has 5 heteroatoms. The predicted octanol–water partition coefficient (Wildman–Crippen LogP) is 4.50. The molecule has 0 fully saturated rings. The van der Waals surface area contributed by atoms with E-state index >= 15 is 0 Å². The minimum atomic E-state index is -0.394. The number of non-ortho nitro benzene ring substituents is 1. The second kappa shape index (κ2) is 5.76. The Labute approximate surface area is 133 Å². The largest absolute Gasteiger partial charge is 0.508 e. The number of benzene rings is 2. The Morgan fingerprint density at radius 1 is 1.22 bits per heavy atom. The summed E-state index contributed by atoms with van der Waals surface area (Å²) in [6, 6.07) is 10.5. The van der Waals surface area contributed by atoms with E-state index in [0.717, 1.165) is 27.6 Å². The SMILES string of the molecule is CC(C)c1cc(Cc2c[nH]c3cc([N+](=O)[O-])ccc23)ccc1O. The standard InChI is InChI=1S/C18H18N2O3/c1-11(2)16-8-12(3-6-18(16)21)7-13-10-19-17-9-14(20(22)23)4-5-15(13)17/h3-6,8-11,19,21H,7H2,1-2H3. The summed E-state index contributed by atoms with van der Waals surface area (Å²) in [6.45, 7) is 4.09. The smallest absolute Gasteiger partial charge is 0.271 e. The first kappa shape index (κ1) is 15.1. The van der Waals surface area contributed by atoms with Crippen molar-refractivity contribution in [3.8, 4) is 5.75 Å². The average molecular weight is 310 g/mol. The number of phenols is 1. The molecule has 0 bridgehead atoms. The fourth-order valence-corrected chi connectivity index (χ4v) is 2.83. The first-order chi connectivity index (χ1) is 11.0. The van der Waals surface area contributed by atoms with Crippen LogP contribution < -0.4 is 0 Å². The highest BCUT2D eigenvalue weighted by molar-refractivity contribution is 5.85. The van der Waals surface area contributed by atoms with Crippen molar-refractivity contribution >= 4 is 16.6 Å². The van der Waals surface area contributed by atoms with Crippen molar-refractivity contribution in [1.82, 2.24) is 4.98 Å². The van der Waals surface area contributed by atoms with Crippen molar-refractivity contribution in [1.29, 1.82) is 0 Å². The molecule has 3 aromatic rings. The van der Waals surface area contributed by atoms with Gasteiger partial charge in [0.25, 0.3) is 5.69 Å². The van der Waals surface area contributed by atoms with Crippen molar-refractivity contribution in [3.63, 3.8) is 0 Å². The van der Waals surface area contributed by atoms with E-state index in [4.69, 9.17) is 0 Å². The molecule has 0 saturated carbocycles. The van der Waals surface area contributed by atoms with E-state index in [-0.39, 0.29) is 11.6 Å². The van der Waals surface area contributed by atoms with Gasteiger partial charge in [0.1, 0.15) is 5.75 Å². The van der Waals surface area contributed by atoms with Gasteiger partial charge < -0.3 is 10.1 Å². The fraction of sp³-hybridized carbons (Fsp3) is 0.222. The van der Waals surface area contributed by atoms with Crippen molar-refractivity contribution in [2.75, 3.05) is 0 Å². The van der Waals surface area contributed by atoms with Gasteiger partial charge in [-0.2, -0.15) is 0 Å². The van der Waals surface area contributed by atoms with Crippen LogP contribution in [-0.4, -0.2) is 15.0 Å². The fourth-order valence-electron chi connectivity index (χ4n) is 2.83. The van der Waals surface area contributed by atoms with Crippen LogP contribution in [0.4, 0.5) is 5.69 Å². The van der Waals surface area contributed by atoms with Gasteiger partial charge >= 0.3 is 0 Å². The van der Waals surface area contributed by atoms with E-state index in [9.17, 15) is 15.2 Å². The lowest BCUT2D eigenvalue weighted by atomic mass is 9.96. The summed E-state index contributed by atoms with van der Waals surface area (Å²) in [4.78, 5) is 13.5. The van der Waals surface area contributed by atoms with Crippen molar-refractivity contribution in [2.45, 2.75) is 26.2 Å². The molecule has 0 unspecified atom stereocenters. The summed E-state index contributed by atoms with van der Waals surface area (Å²) < 4.78 is 0. The summed E-state index contributed by atoms with van der Waals surface area (Å²) >= 11 is 0. The van der Waals surface area contributed by atoms with Crippen molar-refractivity contribution in [2.24, 2.45) is 0 Å². The first-order valence-corrected chi connectivity index (χ1v) is 7.52. The van der Waals surface area contributed by atoms with E-state index in [1.807, 2.05) is 32.2 Å². The van der Waals surface area contributed by atoms with Gasteiger partial charge in [-0.25, -0.2) is 0 Å². The van der Waals surface area contributed by atoms with E-state index < -0.39 is 4.92 Å². The number of aromatic amines is 1. The number of hydrogen-bond donors (Lipinski definition) is 2. The molecular formula is C18H18N2O3. The Bertz CT molecular complexity index is 881. The molecule has 2 N–H and O–H groups in total. The third-order valence-corrected chi connectivity index (χ3v) is 4.07. The second-order valence-corrected chi connectivity index (χ2v) is 6.03. The molecule has 0 aliphatic carbocycles. The quantitative estimate of drug-likeness (QED) is 0.550. The molecule has 0 aliphatic heterocycles. The minimum absolute atomic E-state index is 0.0811. The Hall–Kier alpha value is -2.82. The van der Waals surface area contributed by atoms with Crippen LogP contribution >= 0.6 is 0 Å². The second-order valence-electron chi connectivity index (χ2n) is 6.03. The zero-order chi connectivity index (χ0) is 16.6. The molecule has 0 saturated heterocycles.